The van der Waals surface area contributed by atoms with Crippen molar-refractivity contribution in [3.8, 4) is 0 Å². The van der Waals surface area contributed by atoms with E-state index in [-0.39, 0.29) is 0 Å². The summed E-state index contributed by atoms with van der Waals surface area (Å²) in [5.74, 6) is 0. The summed E-state index contributed by atoms with van der Waals surface area (Å²) < 4.78 is 14.5. The van der Waals surface area contributed by atoms with Crippen molar-refractivity contribution in [3.63, 3.8) is 0 Å². The first kappa shape index (κ1) is 4.47. The molecule has 1 radical (unpaired) electrons. The van der Waals surface area contributed by atoms with Gasteiger partial charge < -0.3 is 4.74 Å². The van der Waals surface area contributed by atoms with E-state index >= 15 is 0 Å². The summed E-state index contributed by atoms with van der Waals surface area (Å²) in [7, 11) is 0. The zero-order valence-corrected chi connectivity index (χ0v) is 2.65. The molecule has 0 amide bonds. The Morgan fingerprint density at radius 3 is 2.60 bits per heavy atom. The zero-order valence-electron chi connectivity index (χ0n) is 2.65. The van der Waals surface area contributed by atoms with Crippen molar-refractivity contribution in [3.05, 3.63) is 12.8 Å². The topological polar surface area (TPSA) is 9.23 Å². The molecule has 0 aliphatic heterocycles. The van der Waals surface area contributed by atoms with Gasteiger partial charge in [0.15, 0.2) is 0 Å². The van der Waals surface area contributed by atoms with Crippen LogP contribution < -0.4 is 0 Å². The first-order valence-electron chi connectivity index (χ1n) is 1.12. The zero-order chi connectivity index (χ0) is 4.12. The normalized spacial score (nSPS) is 6.60. The monoisotopic (exact) mass is 75.0 g/mol. The van der Waals surface area contributed by atoms with E-state index in [1.54, 1.807) is 0 Å². The van der Waals surface area contributed by atoms with Crippen LogP contribution in [0.5, 0.6) is 0 Å². The molecule has 0 N–H and O–H groups in total. The Labute approximate surface area is 30.1 Å². The maximum Gasteiger partial charge on any atom is 0.227 e. The van der Waals surface area contributed by atoms with Crippen molar-refractivity contribution in [1.29, 1.82) is 0 Å². The van der Waals surface area contributed by atoms with Gasteiger partial charge in [-0.2, -0.15) is 0 Å². The van der Waals surface area contributed by atoms with Crippen molar-refractivity contribution in [2.45, 2.75) is 0 Å². The van der Waals surface area contributed by atoms with Gasteiger partial charge in [0.25, 0.3) is 0 Å². The highest BCUT2D eigenvalue weighted by atomic mass is 19.1. The van der Waals surface area contributed by atoms with E-state index in [9.17, 15) is 4.39 Å². The summed E-state index contributed by atoms with van der Waals surface area (Å²) in [6.07, 6.45) is 0.806. The molecular weight excluding hydrogens is 71.0 g/mol. The number of alkyl halides is 1. The fraction of sp³-hybridized carbons (Fsp3) is 0.333. The van der Waals surface area contributed by atoms with Gasteiger partial charge in [0, 0.05) is 0 Å². The Balaban J connectivity index is 2.40. The molecule has 0 saturated heterocycles. The molecular formula is C3H4FO. The lowest BCUT2D eigenvalue weighted by Gasteiger charge is -1.80. The summed E-state index contributed by atoms with van der Waals surface area (Å²) in [6.45, 7) is 3.72. The van der Waals surface area contributed by atoms with Crippen molar-refractivity contribution < 1.29 is 9.13 Å². The summed E-state index contributed by atoms with van der Waals surface area (Å²) in [5, 5.41) is 0. The minimum Gasteiger partial charge on any atom is -0.471 e. The van der Waals surface area contributed by atoms with Crippen LogP contribution >= 0.6 is 0 Å². The lowest BCUT2D eigenvalue weighted by molar-refractivity contribution is 0.141. The minimum atomic E-state index is -0.837. The molecule has 0 spiro atoms. The minimum absolute atomic E-state index is 0.806. The average Bonchev–Trinajstić information content (AvgIpc) is 1.41. The number of hydrogen-bond donors (Lipinski definition) is 0. The van der Waals surface area contributed by atoms with Gasteiger partial charge in [0.05, 0.1) is 6.26 Å². The molecule has 0 aromatic rings. The first-order valence-corrected chi connectivity index (χ1v) is 1.12. The Morgan fingerprint density at radius 1 is 2.00 bits per heavy atom. The average molecular weight is 75.1 g/mol. The second-order valence-electron chi connectivity index (χ2n) is 0.412. The largest absolute Gasteiger partial charge is 0.471 e. The van der Waals surface area contributed by atoms with Crippen LogP contribution in [0.25, 0.3) is 0 Å². The smallest absolute Gasteiger partial charge is 0.227 e. The third-order valence-corrected chi connectivity index (χ3v) is 0.159. The highest BCUT2D eigenvalue weighted by molar-refractivity contribution is 4.36. The Bertz CT molecular complexity index is 28.1. The molecule has 0 aliphatic rings. The molecule has 0 aromatic carbocycles. The van der Waals surface area contributed by atoms with E-state index in [1.807, 2.05) is 0 Å². The van der Waals surface area contributed by atoms with Gasteiger partial charge in [0.2, 0.25) is 6.86 Å². The maximum atomic E-state index is 10.7. The van der Waals surface area contributed by atoms with Crippen LogP contribution in [-0.4, -0.2) is 6.86 Å². The first-order chi connectivity index (χ1) is 2.41. The number of hydrogen-bond acceptors (Lipinski definition) is 1. The molecule has 0 unspecified atom stereocenters. The molecule has 0 aromatic heterocycles. The van der Waals surface area contributed by atoms with Crippen LogP contribution in [0.2, 0.25) is 0 Å². The summed E-state index contributed by atoms with van der Waals surface area (Å²) in [6, 6.07) is 0. The van der Waals surface area contributed by atoms with Crippen molar-refractivity contribution in [2.75, 3.05) is 6.86 Å². The molecule has 0 bridgehead atoms. The standard InChI is InChI=1S/C3H4FO/c1-2-5-3-4/h1-2H,3H2. The quantitative estimate of drug-likeness (QED) is 0.442. The molecule has 0 aliphatic carbocycles. The fourth-order valence-corrected chi connectivity index (χ4v) is 0.0364. The molecule has 1 nitrogen and oxygen atoms in total. The molecule has 0 atom stereocenters. The fourth-order valence-electron chi connectivity index (χ4n) is 0.0364. The Hall–Kier alpha value is -0.530. The molecule has 5 heavy (non-hydrogen) atoms. The van der Waals surface area contributed by atoms with E-state index in [0.717, 1.165) is 6.26 Å². The van der Waals surface area contributed by atoms with Gasteiger partial charge in [-0.25, -0.2) is 4.39 Å². The van der Waals surface area contributed by atoms with E-state index < -0.39 is 6.86 Å². The molecule has 0 fully saturated rings. The number of rotatable bonds is 2. The van der Waals surface area contributed by atoms with Gasteiger partial charge in [-0.1, -0.05) is 0 Å². The van der Waals surface area contributed by atoms with Crippen LogP contribution in [0, 0.1) is 6.58 Å². The molecule has 0 saturated carbocycles. The van der Waals surface area contributed by atoms with Gasteiger partial charge in [0.1, 0.15) is 0 Å². The van der Waals surface area contributed by atoms with Crippen LogP contribution in [0.4, 0.5) is 4.39 Å². The van der Waals surface area contributed by atoms with Crippen LogP contribution in [-0.2, 0) is 4.74 Å². The van der Waals surface area contributed by atoms with E-state index in [2.05, 4.69) is 11.3 Å². The summed E-state index contributed by atoms with van der Waals surface area (Å²) in [5.41, 5.74) is 0. The van der Waals surface area contributed by atoms with Crippen LogP contribution in [0.3, 0.4) is 0 Å². The molecule has 0 rings (SSSR count). The second-order valence-corrected chi connectivity index (χ2v) is 0.412. The Morgan fingerprint density at radius 2 is 2.60 bits per heavy atom. The van der Waals surface area contributed by atoms with Gasteiger partial charge in [-0.05, 0) is 6.58 Å². The SMILES string of the molecule is [CH]=COCF. The van der Waals surface area contributed by atoms with Crippen molar-refractivity contribution in [1.82, 2.24) is 0 Å². The van der Waals surface area contributed by atoms with Crippen LogP contribution in [0.1, 0.15) is 0 Å². The maximum absolute atomic E-state index is 10.7. The third kappa shape index (κ3) is 3.47. The summed E-state index contributed by atoms with van der Waals surface area (Å²) >= 11 is 0. The molecule has 0 heterocycles. The predicted molar refractivity (Wildman–Crippen MR) is 15.9 cm³/mol. The summed E-state index contributed by atoms with van der Waals surface area (Å²) in [4.78, 5) is 0. The number of halogens is 1. The van der Waals surface area contributed by atoms with Crippen LogP contribution in [0.15, 0.2) is 6.26 Å². The van der Waals surface area contributed by atoms with E-state index in [0.29, 0.717) is 0 Å². The Kier molecular flexibility index (Phi) is 3.10. The van der Waals surface area contributed by atoms with E-state index in [1.165, 1.54) is 0 Å². The predicted octanol–water partition coefficient (Wildman–Crippen LogP) is 0.877. The third-order valence-electron chi connectivity index (χ3n) is 0.159. The van der Waals surface area contributed by atoms with Gasteiger partial charge in [-0.15, -0.1) is 0 Å². The highest BCUT2D eigenvalue weighted by Gasteiger charge is 1.60. The van der Waals surface area contributed by atoms with Gasteiger partial charge in [-0.3, -0.25) is 0 Å². The highest BCUT2D eigenvalue weighted by Crippen LogP contribution is 1.68. The lowest BCUT2D eigenvalue weighted by atomic mass is 11.1. The lowest BCUT2D eigenvalue weighted by Crippen LogP contribution is -1.69. The second kappa shape index (κ2) is 3.47. The van der Waals surface area contributed by atoms with Gasteiger partial charge >= 0.3 is 0 Å². The van der Waals surface area contributed by atoms with E-state index in [4.69, 9.17) is 0 Å². The number of ether oxygens (including phenoxy) is 1. The van der Waals surface area contributed by atoms with Crippen molar-refractivity contribution >= 4 is 0 Å². The van der Waals surface area contributed by atoms with Crippen molar-refractivity contribution in [2.24, 2.45) is 0 Å². The molecule has 2 heteroatoms. The molecule has 29 valence electrons.